The molecule has 1 heteroatoms. The highest BCUT2D eigenvalue weighted by molar-refractivity contribution is 14.1. The Morgan fingerprint density at radius 1 is 2.00 bits per heavy atom. The molecule has 0 aromatic carbocycles. The van der Waals surface area contributed by atoms with Crippen LogP contribution in [0.5, 0.6) is 0 Å². The van der Waals surface area contributed by atoms with Gasteiger partial charge in [0.1, 0.15) is 0 Å². The molecule has 0 bridgehead atoms. The van der Waals surface area contributed by atoms with Gasteiger partial charge in [-0.3, -0.25) is 0 Å². The summed E-state index contributed by atoms with van der Waals surface area (Å²) >= 11 is 2.04. The molecule has 0 unspecified atom stereocenters. The molecule has 0 aromatic heterocycles. The maximum absolute atomic E-state index is 5.01. The molecule has 0 nitrogen and oxygen atoms in total. The molecule has 0 aromatic rings. The summed E-state index contributed by atoms with van der Waals surface area (Å²) < 4.78 is 0.887. The summed E-state index contributed by atoms with van der Waals surface area (Å²) in [5.74, 6) is 0. The zero-order chi connectivity index (χ0) is 3.58. The number of allylic oxidation sites excluding steroid dienone is 1. The molecular weight excluding hydrogens is 163 g/mol. The van der Waals surface area contributed by atoms with E-state index >= 15 is 0 Å². The van der Waals surface area contributed by atoms with Crippen molar-refractivity contribution in [3.63, 3.8) is 0 Å². The molecule has 1 radical (unpaired) electrons. The molecule has 0 saturated heterocycles. The van der Waals surface area contributed by atoms with Gasteiger partial charge in [0.25, 0.3) is 0 Å². The maximum atomic E-state index is 5.01. The minimum Gasteiger partial charge on any atom is -0.0525 e. The van der Waals surface area contributed by atoms with Crippen molar-refractivity contribution in [3.8, 4) is 0 Å². The summed E-state index contributed by atoms with van der Waals surface area (Å²) in [6.45, 7) is 6.86. The van der Waals surface area contributed by atoms with E-state index in [4.69, 9.17) is 6.58 Å². The van der Waals surface area contributed by atoms with Crippen LogP contribution >= 0.6 is 22.6 Å². The zero-order valence-corrected chi connectivity index (χ0v) is 4.61. The van der Waals surface area contributed by atoms with Crippen LogP contribution in [0, 0.1) is 6.58 Å². The van der Waals surface area contributed by atoms with E-state index in [1.165, 1.54) is 0 Å². The third kappa shape index (κ3) is 24.2. The fourth-order valence-electron chi connectivity index (χ4n) is 0. The fourth-order valence-corrected chi connectivity index (χ4v) is 0. The lowest BCUT2D eigenvalue weighted by Gasteiger charge is -1.61. The van der Waals surface area contributed by atoms with E-state index in [0.717, 1.165) is 3.58 Å². The Balaban J connectivity index is 2.80. The number of halogens is 1. The van der Waals surface area contributed by atoms with Crippen molar-refractivity contribution < 1.29 is 0 Å². The molecular formula is C3H4I. The summed E-state index contributed by atoms with van der Waals surface area (Å²) in [6, 6.07) is 0. The van der Waals surface area contributed by atoms with Gasteiger partial charge >= 0.3 is 0 Å². The second-order valence-corrected chi connectivity index (χ2v) is 2.29. The lowest BCUT2D eigenvalue weighted by atomic mass is 10.8. The second-order valence-electron chi connectivity index (χ2n) is 0.587. The van der Waals surface area contributed by atoms with Crippen molar-refractivity contribution in [2.45, 2.75) is 6.92 Å². The lowest BCUT2D eigenvalue weighted by molar-refractivity contribution is 1.76. The van der Waals surface area contributed by atoms with E-state index in [-0.39, 0.29) is 0 Å². The van der Waals surface area contributed by atoms with Crippen LogP contribution in [0.3, 0.4) is 0 Å². The molecule has 0 amide bonds. The Morgan fingerprint density at radius 3 is 2.00 bits per heavy atom. The van der Waals surface area contributed by atoms with Gasteiger partial charge in [-0.15, -0.1) is 0 Å². The lowest BCUT2D eigenvalue weighted by Crippen LogP contribution is -1.33. The van der Waals surface area contributed by atoms with E-state index in [1.54, 1.807) is 0 Å². The summed E-state index contributed by atoms with van der Waals surface area (Å²) in [5.41, 5.74) is 0. The highest BCUT2D eigenvalue weighted by Gasteiger charge is 1.55. The first-order valence-corrected chi connectivity index (χ1v) is 2.06. The van der Waals surface area contributed by atoms with Crippen molar-refractivity contribution in [1.29, 1.82) is 0 Å². The predicted octanol–water partition coefficient (Wildman–Crippen LogP) is 1.76. The average molecular weight is 167 g/mol. The zero-order valence-electron chi connectivity index (χ0n) is 2.46. The molecule has 0 fully saturated rings. The largest absolute Gasteiger partial charge is 0.0525 e. The van der Waals surface area contributed by atoms with Gasteiger partial charge in [0, 0.05) is 0 Å². The molecule has 23 valence electrons. The van der Waals surface area contributed by atoms with Gasteiger partial charge in [0.15, 0.2) is 0 Å². The average Bonchev–Trinajstić information content (AvgIpc) is 0.811. The van der Waals surface area contributed by atoms with Crippen molar-refractivity contribution in [1.82, 2.24) is 0 Å². The third-order valence-electron chi connectivity index (χ3n) is 0. The SMILES string of the molecule is [CH]=C(C)I. The smallest absolute Gasteiger partial charge is 0.0125 e. The van der Waals surface area contributed by atoms with Crippen molar-refractivity contribution in [3.05, 3.63) is 10.2 Å². The van der Waals surface area contributed by atoms with Gasteiger partial charge in [-0.25, -0.2) is 0 Å². The van der Waals surface area contributed by atoms with Crippen LogP contribution < -0.4 is 0 Å². The Bertz CT molecular complexity index is 26.3. The Labute approximate surface area is 40.0 Å². The Morgan fingerprint density at radius 2 is 2.00 bits per heavy atom. The summed E-state index contributed by atoms with van der Waals surface area (Å²) in [6.07, 6.45) is 0. The van der Waals surface area contributed by atoms with E-state index in [9.17, 15) is 0 Å². The first-order valence-electron chi connectivity index (χ1n) is 0.978. The van der Waals surface area contributed by atoms with Gasteiger partial charge in [-0.05, 0) is 33.1 Å². The minimum absolute atomic E-state index is 0.887. The van der Waals surface area contributed by atoms with Crippen molar-refractivity contribution in [2.75, 3.05) is 0 Å². The van der Waals surface area contributed by atoms with E-state index in [0.29, 0.717) is 0 Å². The quantitative estimate of drug-likeness (QED) is 0.482. The van der Waals surface area contributed by atoms with Gasteiger partial charge in [-0.2, -0.15) is 0 Å². The van der Waals surface area contributed by atoms with Gasteiger partial charge in [-0.1, -0.05) is 6.58 Å². The first-order chi connectivity index (χ1) is 1.73. The van der Waals surface area contributed by atoms with Crippen LogP contribution in [0.2, 0.25) is 0 Å². The first kappa shape index (κ1) is 4.47. The molecule has 4 heavy (non-hydrogen) atoms. The Kier molecular flexibility index (Phi) is 1.96. The van der Waals surface area contributed by atoms with Crippen LogP contribution in [-0.2, 0) is 0 Å². The number of hydrogen-bond acceptors (Lipinski definition) is 0. The van der Waals surface area contributed by atoms with Crippen LogP contribution in [0.25, 0.3) is 0 Å². The molecule has 0 aliphatic carbocycles. The maximum Gasteiger partial charge on any atom is -0.0125 e. The summed E-state index contributed by atoms with van der Waals surface area (Å²) in [7, 11) is 0. The molecule has 0 rings (SSSR count). The Hall–Kier alpha value is 0.470. The van der Waals surface area contributed by atoms with Crippen LogP contribution in [0.15, 0.2) is 3.58 Å². The van der Waals surface area contributed by atoms with Gasteiger partial charge in [0.05, 0.1) is 0 Å². The van der Waals surface area contributed by atoms with Crippen molar-refractivity contribution in [2.24, 2.45) is 0 Å². The third-order valence-corrected chi connectivity index (χ3v) is 0. The van der Waals surface area contributed by atoms with Gasteiger partial charge in [0.2, 0.25) is 0 Å². The molecule has 0 heterocycles. The standard InChI is InChI=1S/C3H4I/c1-3(2)4/h1H,2H3. The summed E-state index contributed by atoms with van der Waals surface area (Å²) in [5, 5.41) is 0. The molecule has 0 N–H and O–H groups in total. The molecule has 0 atom stereocenters. The van der Waals surface area contributed by atoms with Crippen LogP contribution in [0.1, 0.15) is 6.92 Å². The van der Waals surface area contributed by atoms with Crippen molar-refractivity contribution >= 4 is 22.6 Å². The van der Waals surface area contributed by atoms with Crippen LogP contribution in [-0.4, -0.2) is 0 Å². The van der Waals surface area contributed by atoms with E-state index in [2.05, 4.69) is 0 Å². The fraction of sp³-hybridized carbons (Fsp3) is 0.333. The minimum atomic E-state index is 0.887. The number of hydrogen-bond donors (Lipinski definition) is 0. The van der Waals surface area contributed by atoms with Gasteiger partial charge < -0.3 is 0 Å². The topological polar surface area (TPSA) is 0 Å². The monoisotopic (exact) mass is 167 g/mol. The second kappa shape index (κ2) is 1.76. The molecule has 0 aliphatic rings. The highest BCUT2D eigenvalue weighted by Crippen LogP contribution is 1.94. The predicted molar refractivity (Wildman–Crippen MR) is 27.5 cm³/mol. The number of rotatable bonds is 0. The normalized spacial score (nSPS) is 6.50. The summed E-state index contributed by atoms with van der Waals surface area (Å²) in [4.78, 5) is 0. The van der Waals surface area contributed by atoms with E-state index in [1.807, 2.05) is 29.5 Å². The van der Waals surface area contributed by atoms with Crippen LogP contribution in [0.4, 0.5) is 0 Å². The van der Waals surface area contributed by atoms with E-state index < -0.39 is 0 Å². The molecule has 0 saturated carbocycles. The molecule has 0 aliphatic heterocycles. The highest BCUT2D eigenvalue weighted by atomic mass is 127. The molecule has 0 spiro atoms.